The summed E-state index contributed by atoms with van der Waals surface area (Å²) < 4.78 is 16.2. The number of benzene rings is 1. The SMILES string of the molecule is COC[SiH](CCCOCC1CO1)c1ccccc1C. The Balaban J connectivity index is 1.76. The van der Waals surface area contributed by atoms with Gasteiger partial charge in [-0.2, -0.15) is 0 Å². The van der Waals surface area contributed by atoms with Gasteiger partial charge < -0.3 is 14.2 Å². The van der Waals surface area contributed by atoms with Gasteiger partial charge in [0.2, 0.25) is 0 Å². The second kappa shape index (κ2) is 7.80. The summed E-state index contributed by atoms with van der Waals surface area (Å²) in [7, 11) is 0.788. The zero-order valence-electron chi connectivity index (χ0n) is 11.9. The maximum atomic E-state index is 5.61. The van der Waals surface area contributed by atoms with E-state index < -0.39 is 8.80 Å². The fourth-order valence-corrected chi connectivity index (χ4v) is 5.23. The van der Waals surface area contributed by atoms with E-state index in [1.165, 1.54) is 16.8 Å². The molecule has 2 unspecified atom stereocenters. The lowest BCUT2D eigenvalue weighted by molar-refractivity contribution is 0.117. The number of epoxide rings is 1. The smallest absolute Gasteiger partial charge is 0.104 e. The Hall–Kier alpha value is -0.683. The molecule has 1 heterocycles. The van der Waals surface area contributed by atoms with Gasteiger partial charge >= 0.3 is 0 Å². The van der Waals surface area contributed by atoms with Crippen molar-refractivity contribution in [3.8, 4) is 0 Å². The zero-order valence-corrected chi connectivity index (χ0v) is 13.1. The van der Waals surface area contributed by atoms with Crippen LogP contribution in [0.25, 0.3) is 0 Å². The van der Waals surface area contributed by atoms with Crippen molar-refractivity contribution in [2.75, 3.05) is 33.2 Å². The second-order valence-corrected chi connectivity index (χ2v) is 8.11. The third-order valence-corrected chi connectivity index (χ3v) is 6.91. The molecule has 1 aliphatic rings. The molecule has 106 valence electrons. The highest BCUT2D eigenvalue weighted by Gasteiger charge is 2.22. The van der Waals surface area contributed by atoms with Gasteiger partial charge in [-0.05, 0) is 13.3 Å². The highest BCUT2D eigenvalue weighted by molar-refractivity contribution is 6.73. The Labute approximate surface area is 117 Å². The Kier molecular flexibility index (Phi) is 6.04. The molecule has 3 nitrogen and oxygen atoms in total. The molecule has 19 heavy (non-hydrogen) atoms. The van der Waals surface area contributed by atoms with E-state index in [9.17, 15) is 0 Å². The van der Waals surface area contributed by atoms with Crippen LogP contribution in [0, 0.1) is 6.92 Å². The summed E-state index contributed by atoms with van der Waals surface area (Å²) in [5.41, 5.74) is 1.41. The molecule has 0 aliphatic carbocycles. The number of hydrogen-bond acceptors (Lipinski definition) is 3. The van der Waals surface area contributed by atoms with Crippen LogP contribution in [0.5, 0.6) is 0 Å². The first-order valence-corrected chi connectivity index (χ1v) is 9.26. The minimum atomic E-state index is -1.02. The first-order chi connectivity index (χ1) is 9.31. The van der Waals surface area contributed by atoms with Crippen LogP contribution in [0.1, 0.15) is 12.0 Å². The van der Waals surface area contributed by atoms with E-state index in [2.05, 4.69) is 31.2 Å². The molecule has 0 N–H and O–H groups in total. The molecule has 1 fully saturated rings. The quantitative estimate of drug-likeness (QED) is 0.389. The third-order valence-electron chi connectivity index (χ3n) is 3.54. The molecule has 1 saturated heterocycles. The van der Waals surface area contributed by atoms with Crippen LogP contribution in [-0.2, 0) is 14.2 Å². The summed E-state index contributed by atoms with van der Waals surface area (Å²) in [6.07, 6.45) is 2.42. The van der Waals surface area contributed by atoms with Gasteiger partial charge in [0.25, 0.3) is 0 Å². The van der Waals surface area contributed by atoms with Gasteiger partial charge in [-0.1, -0.05) is 41.1 Å². The molecule has 0 aromatic heterocycles. The van der Waals surface area contributed by atoms with Gasteiger partial charge in [0.05, 0.1) is 13.2 Å². The molecule has 1 aliphatic heterocycles. The average Bonchev–Trinajstić information content (AvgIpc) is 3.22. The predicted octanol–water partition coefficient (Wildman–Crippen LogP) is 1.42. The average molecular weight is 280 g/mol. The van der Waals surface area contributed by atoms with Crippen LogP contribution in [0.2, 0.25) is 6.04 Å². The Morgan fingerprint density at radius 3 is 2.84 bits per heavy atom. The lowest BCUT2D eigenvalue weighted by atomic mass is 10.2. The molecule has 4 heteroatoms. The van der Waals surface area contributed by atoms with Crippen LogP contribution in [-0.4, -0.2) is 48.1 Å². The van der Waals surface area contributed by atoms with E-state index in [1.807, 2.05) is 0 Å². The second-order valence-electron chi connectivity index (χ2n) is 5.18. The van der Waals surface area contributed by atoms with E-state index in [4.69, 9.17) is 14.2 Å². The highest BCUT2D eigenvalue weighted by atomic mass is 28.3. The number of aryl methyl sites for hydroxylation is 1. The Morgan fingerprint density at radius 1 is 1.37 bits per heavy atom. The number of methoxy groups -OCH3 is 1. The van der Waals surface area contributed by atoms with Crippen LogP contribution in [0.15, 0.2) is 24.3 Å². The van der Waals surface area contributed by atoms with Gasteiger partial charge in [-0.3, -0.25) is 0 Å². The van der Waals surface area contributed by atoms with Gasteiger partial charge in [0.1, 0.15) is 14.9 Å². The topological polar surface area (TPSA) is 31.0 Å². The van der Waals surface area contributed by atoms with Crippen molar-refractivity contribution >= 4 is 14.0 Å². The largest absolute Gasteiger partial charge is 0.388 e. The zero-order chi connectivity index (χ0) is 13.5. The standard InChI is InChI=1S/C15H24O3Si/c1-13-6-3-4-7-15(13)19(12-16-2)9-5-8-17-10-14-11-18-14/h3-4,6-7,14,19H,5,8-12H2,1-2H3. The summed E-state index contributed by atoms with van der Waals surface area (Å²) in [6, 6.07) is 9.95. The minimum Gasteiger partial charge on any atom is -0.388 e. The van der Waals surface area contributed by atoms with Crippen LogP contribution in [0.3, 0.4) is 0 Å². The molecule has 2 atom stereocenters. The monoisotopic (exact) mass is 280 g/mol. The van der Waals surface area contributed by atoms with Crippen molar-refractivity contribution in [3.63, 3.8) is 0 Å². The fourth-order valence-electron chi connectivity index (χ4n) is 2.39. The van der Waals surface area contributed by atoms with Crippen LogP contribution in [0.4, 0.5) is 0 Å². The number of hydrogen-bond donors (Lipinski definition) is 0. The fraction of sp³-hybridized carbons (Fsp3) is 0.600. The van der Waals surface area contributed by atoms with Crippen molar-refractivity contribution in [2.24, 2.45) is 0 Å². The maximum absolute atomic E-state index is 5.61. The van der Waals surface area contributed by atoms with Crippen LogP contribution >= 0.6 is 0 Å². The third kappa shape index (κ3) is 5.07. The van der Waals surface area contributed by atoms with Crippen molar-refractivity contribution in [1.82, 2.24) is 0 Å². The maximum Gasteiger partial charge on any atom is 0.104 e. The first-order valence-electron chi connectivity index (χ1n) is 7.05. The molecule has 0 saturated carbocycles. The van der Waals surface area contributed by atoms with Gasteiger partial charge in [-0.15, -0.1) is 0 Å². The molecule has 0 amide bonds. The highest BCUT2D eigenvalue weighted by Crippen LogP contribution is 2.09. The van der Waals surface area contributed by atoms with Crippen LogP contribution < -0.4 is 5.19 Å². The van der Waals surface area contributed by atoms with E-state index in [1.54, 1.807) is 7.11 Å². The molecular weight excluding hydrogens is 256 g/mol. The van der Waals surface area contributed by atoms with Gasteiger partial charge in [0, 0.05) is 19.9 Å². The summed E-state index contributed by atoms with van der Waals surface area (Å²) in [4.78, 5) is 0. The molecule has 1 aromatic rings. The number of rotatable bonds is 9. The Bertz CT molecular complexity index is 379. The molecule has 1 aromatic carbocycles. The first kappa shape index (κ1) is 14.7. The molecule has 0 spiro atoms. The van der Waals surface area contributed by atoms with Crippen molar-refractivity contribution in [2.45, 2.75) is 25.5 Å². The van der Waals surface area contributed by atoms with E-state index in [0.29, 0.717) is 6.10 Å². The molecule has 0 radical (unpaired) electrons. The lowest BCUT2D eigenvalue weighted by Gasteiger charge is -2.17. The summed E-state index contributed by atoms with van der Waals surface area (Å²) in [5.74, 6) is 0. The predicted molar refractivity (Wildman–Crippen MR) is 79.8 cm³/mol. The molecule has 0 bridgehead atoms. The van der Waals surface area contributed by atoms with Gasteiger partial charge in [-0.25, -0.2) is 0 Å². The summed E-state index contributed by atoms with van der Waals surface area (Å²) in [6.45, 7) is 4.69. The van der Waals surface area contributed by atoms with Crippen molar-refractivity contribution in [3.05, 3.63) is 29.8 Å². The summed E-state index contributed by atoms with van der Waals surface area (Å²) >= 11 is 0. The summed E-state index contributed by atoms with van der Waals surface area (Å²) in [5, 5.41) is 1.54. The normalized spacial score (nSPS) is 19.4. The molecular formula is C15H24O3Si. The molecule has 2 rings (SSSR count). The van der Waals surface area contributed by atoms with Crippen molar-refractivity contribution < 1.29 is 14.2 Å². The number of ether oxygens (including phenoxy) is 3. The van der Waals surface area contributed by atoms with Crippen molar-refractivity contribution in [1.29, 1.82) is 0 Å². The van der Waals surface area contributed by atoms with E-state index in [-0.39, 0.29) is 0 Å². The van der Waals surface area contributed by atoms with Gasteiger partial charge in [0.15, 0.2) is 0 Å². The lowest BCUT2D eigenvalue weighted by Crippen LogP contribution is -2.36. The van der Waals surface area contributed by atoms with E-state index >= 15 is 0 Å². The minimum absolute atomic E-state index is 0.378. The Morgan fingerprint density at radius 2 is 2.16 bits per heavy atom. The van der Waals surface area contributed by atoms with E-state index in [0.717, 1.165) is 32.5 Å².